The van der Waals surface area contributed by atoms with E-state index in [4.69, 9.17) is 16.2 Å². The largest absolute Gasteiger partial charge is 0.488 e. The van der Waals surface area contributed by atoms with Crippen molar-refractivity contribution >= 4 is 34.6 Å². The number of nitrogens with two attached hydrogens (primary N) is 2. The number of nitrogens with zero attached hydrogens (tertiary/aromatic N) is 3. The van der Waals surface area contributed by atoms with Crippen LogP contribution in [0.2, 0.25) is 0 Å². The van der Waals surface area contributed by atoms with E-state index in [1.807, 2.05) is 43.0 Å². The monoisotopic (exact) mass is 491 g/mol. The molecule has 4 rings (SSSR count). The van der Waals surface area contributed by atoms with Gasteiger partial charge in [0.15, 0.2) is 11.6 Å². The molecular formula is C27H30FN5O3. The molecule has 0 radical (unpaired) electrons. The molecule has 2 aromatic carbocycles. The summed E-state index contributed by atoms with van der Waals surface area (Å²) in [5, 5.41) is 0. The molecule has 2 heterocycles. The van der Waals surface area contributed by atoms with Gasteiger partial charge in [0.25, 0.3) is 5.91 Å². The zero-order valence-electron chi connectivity index (χ0n) is 20.5. The predicted molar refractivity (Wildman–Crippen MR) is 139 cm³/mol. The summed E-state index contributed by atoms with van der Waals surface area (Å²) in [5.74, 6) is -1.06. The highest BCUT2D eigenvalue weighted by Gasteiger charge is 2.29. The molecule has 2 saturated heterocycles. The van der Waals surface area contributed by atoms with Gasteiger partial charge < -0.3 is 26.0 Å². The summed E-state index contributed by atoms with van der Waals surface area (Å²) < 4.78 is 20.1. The average Bonchev–Trinajstić information content (AvgIpc) is 3.27. The molecule has 2 aliphatic heterocycles. The van der Waals surface area contributed by atoms with Gasteiger partial charge in [-0.1, -0.05) is 6.58 Å². The van der Waals surface area contributed by atoms with Crippen LogP contribution in [0.5, 0.6) is 5.75 Å². The number of allylic oxidation sites excluding steroid dienone is 1. The SMILES string of the molecule is C=C1C(=Nc2ccc(OC(C)C)c(F)c2)C(=C(N)C(N)=O)CCN1c1ccc(N2CCCC2=O)cc1. The van der Waals surface area contributed by atoms with Crippen LogP contribution in [-0.4, -0.2) is 36.7 Å². The summed E-state index contributed by atoms with van der Waals surface area (Å²) >= 11 is 0. The van der Waals surface area contributed by atoms with Crippen LogP contribution in [-0.2, 0) is 9.59 Å². The fourth-order valence-electron chi connectivity index (χ4n) is 4.38. The molecule has 2 fully saturated rings. The van der Waals surface area contributed by atoms with Crippen molar-refractivity contribution in [2.24, 2.45) is 16.5 Å². The van der Waals surface area contributed by atoms with Crippen molar-refractivity contribution in [3.63, 3.8) is 0 Å². The number of aliphatic imine (C=N–C) groups is 1. The quantitative estimate of drug-likeness (QED) is 0.594. The number of anilines is 2. The molecule has 4 N–H and O–H groups in total. The minimum atomic E-state index is -0.759. The summed E-state index contributed by atoms with van der Waals surface area (Å²) in [7, 11) is 0. The predicted octanol–water partition coefficient (Wildman–Crippen LogP) is 3.93. The molecule has 0 unspecified atom stereocenters. The molecule has 36 heavy (non-hydrogen) atoms. The molecule has 188 valence electrons. The summed E-state index contributed by atoms with van der Waals surface area (Å²) in [6, 6.07) is 12.0. The van der Waals surface area contributed by atoms with E-state index in [2.05, 4.69) is 11.6 Å². The second-order valence-electron chi connectivity index (χ2n) is 9.01. The van der Waals surface area contributed by atoms with Crippen LogP contribution in [0.25, 0.3) is 0 Å². The van der Waals surface area contributed by atoms with E-state index < -0.39 is 11.7 Å². The number of hydrogen-bond acceptors (Lipinski definition) is 6. The Balaban J connectivity index is 1.68. The Bertz CT molecular complexity index is 1270. The van der Waals surface area contributed by atoms with Gasteiger partial charge in [-0.2, -0.15) is 0 Å². The Hall–Kier alpha value is -4.14. The Morgan fingerprint density at radius 1 is 1.06 bits per heavy atom. The maximum atomic E-state index is 14.6. The van der Waals surface area contributed by atoms with Crippen molar-refractivity contribution in [1.82, 2.24) is 0 Å². The molecule has 0 bridgehead atoms. The molecule has 2 aromatic rings. The molecule has 0 spiro atoms. The van der Waals surface area contributed by atoms with E-state index in [1.165, 1.54) is 12.1 Å². The lowest BCUT2D eigenvalue weighted by Gasteiger charge is -2.34. The maximum Gasteiger partial charge on any atom is 0.264 e. The Morgan fingerprint density at radius 2 is 1.72 bits per heavy atom. The number of primary amides is 1. The van der Waals surface area contributed by atoms with Gasteiger partial charge in [0.2, 0.25) is 5.91 Å². The van der Waals surface area contributed by atoms with E-state index in [-0.39, 0.29) is 23.5 Å². The van der Waals surface area contributed by atoms with Crippen molar-refractivity contribution in [3.05, 3.63) is 71.8 Å². The minimum Gasteiger partial charge on any atom is -0.488 e. The smallest absolute Gasteiger partial charge is 0.264 e. The van der Waals surface area contributed by atoms with Crippen molar-refractivity contribution in [1.29, 1.82) is 0 Å². The van der Waals surface area contributed by atoms with E-state index in [1.54, 1.807) is 11.0 Å². The number of benzene rings is 2. The molecular weight excluding hydrogens is 461 g/mol. The highest BCUT2D eigenvalue weighted by atomic mass is 19.1. The third-order valence-electron chi connectivity index (χ3n) is 6.13. The summed E-state index contributed by atoms with van der Waals surface area (Å²) in [5.41, 5.74) is 14.7. The lowest BCUT2D eigenvalue weighted by molar-refractivity contribution is -0.117. The van der Waals surface area contributed by atoms with E-state index in [0.717, 1.165) is 17.8 Å². The van der Waals surface area contributed by atoms with Gasteiger partial charge in [0, 0.05) is 42.5 Å². The lowest BCUT2D eigenvalue weighted by atomic mass is 9.95. The van der Waals surface area contributed by atoms with Crippen LogP contribution in [0, 0.1) is 5.82 Å². The first-order valence-corrected chi connectivity index (χ1v) is 11.9. The molecule has 0 aromatic heterocycles. The first-order valence-electron chi connectivity index (χ1n) is 11.9. The molecule has 9 heteroatoms. The number of halogens is 1. The maximum absolute atomic E-state index is 14.6. The van der Waals surface area contributed by atoms with Crippen LogP contribution in [0.1, 0.15) is 33.1 Å². The zero-order chi connectivity index (χ0) is 26.0. The number of hydrogen-bond donors (Lipinski definition) is 2. The van der Waals surface area contributed by atoms with Gasteiger partial charge in [-0.15, -0.1) is 0 Å². The molecule has 2 aliphatic rings. The van der Waals surface area contributed by atoms with Crippen molar-refractivity contribution in [2.45, 2.75) is 39.2 Å². The van der Waals surface area contributed by atoms with Gasteiger partial charge in [0.1, 0.15) is 5.70 Å². The first kappa shape index (κ1) is 25.0. The zero-order valence-corrected chi connectivity index (χ0v) is 20.5. The van der Waals surface area contributed by atoms with Crippen LogP contribution in [0.15, 0.2) is 71.0 Å². The van der Waals surface area contributed by atoms with Crippen LogP contribution in [0.3, 0.4) is 0 Å². The molecule has 8 nitrogen and oxygen atoms in total. The standard InChI is InChI=1S/C27H30FN5O3/c1-16(2)36-23-11-6-18(15-22(23)28)31-26-17(3)32(14-12-21(26)25(29)27(30)35)19-7-9-20(10-8-19)33-13-4-5-24(33)34/h6-11,15-16H,3-5,12-14,29H2,1-2H3,(H2,30,35). The normalized spacial score (nSPS) is 18.8. The van der Waals surface area contributed by atoms with E-state index in [9.17, 15) is 14.0 Å². The van der Waals surface area contributed by atoms with Gasteiger partial charge in [-0.25, -0.2) is 9.38 Å². The van der Waals surface area contributed by atoms with Crippen LogP contribution < -0.4 is 26.0 Å². The third kappa shape index (κ3) is 5.10. The van der Waals surface area contributed by atoms with Crippen molar-refractivity contribution in [3.8, 4) is 5.75 Å². The topological polar surface area (TPSA) is 114 Å². The third-order valence-corrected chi connectivity index (χ3v) is 6.13. The number of rotatable bonds is 6. The Kier molecular flexibility index (Phi) is 7.10. The second-order valence-corrected chi connectivity index (χ2v) is 9.01. The van der Waals surface area contributed by atoms with E-state index >= 15 is 0 Å². The van der Waals surface area contributed by atoms with Crippen molar-refractivity contribution in [2.75, 3.05) is 22.9 Å². The van der Waals surface area contributed by atoms with Gasteiger partial charge in [-0.05, 0) is 63.1 Å². The number of carbonyl (C=O) groups is 2. The van der Waals surface area contributed by atoms with Gasteiger partial charge in [0.05, 0.1) is 23.2 Å². The summed E-state index contributed by atoms with van der Waals surface area (Å²) in [6.07, 6.45) is 1.62. The number of ether oxygens (including phenoxy) is 1. The summed E-state index contributed by atoms with van der Waals surface area (Å²) in [6.45, 7) is 9.03. The average molecular weight is 492 g/mol. The molecule has 0 aliphatic carbocycles. The van der Waals surface area contributed by atoms with E-state index in [0.29, 0.717) is 48.6 Å². The highest BCUT2D eigenvalue weighted by molar-refractivity contribution is 6.19. The minimum absolute atomic E-state index is 0.0994. The first-order chi connectivity index (χ1) is 17.2. The molecule has 2 amide bonds. The fourth-order valence-corrected chi connectivity index (χ4v) is 4.38. The Labute approximate surface area is 209 Å². The number of piperidine rings is 1. The van der Waals surface area contributed by atoms with Crippen molar-refractivity contribution < 1.29 is 18.7 Å². The second kappa shape index (κ2) is 10.2. The number of amides is 2. The molecule has 0 atom stereocenters. The molecule has 0 saturated carbocycles. The van der Waals surface area contributed by atoms with Gasteiger partial charge in [-0.3, -0.25) is 9.59 Å². The van der Waals surface area contributed by atoms with Gasteiger partial charge >= 0.3 is 0 Å². The summed E-state index contributed by atoms with van der Waals surface area (Å²) in [4.78, 5) is 32.3. The van der Waals surface area contributed by atoms with Crippen LogP contribution in [0.4, 0.5) is 21.5 Å². The lowest BCUT2D eigenvalue weighted by Crippen LogP contribution is -2.37. The fraction of sp³-hybridized carbons (Fsp3) is 0.296. The highest BCUT2D eigenvalue weighted by Crippen LogP contribution is 2.33. The van der Waals surface area contributed by atoms with Crippen LogP contribution >= 0.6 is 0 Å². The Morgan fingerprint density at radius 3 is 2.28 bits per heavy atom. The number of carbonyl (C=O) groups excluding carboxylic acids is 2.